The van der Waals surface area contributed by atoms with Crippen LogP contribution < -0.4 is 5.32 Å². The van der Waals surface area contributed by atoms with Crippen molar-refractivity contribution in [2.75, 3.05) is 6.54 Å². The first kappa shape index (κ1) is 11.6. The molecule has 1 aliphatic rings. The summed E-state index contributed by atoms with van der Waals surface area (Å²) in [6, 6.07) is 7.72. The van der Waals surface area contributed by atoms with Crippen molar-refractivity contribution in [3.63, 3.8) is 0 Å². The molecule has 2 rings (SSSR count). The van der Waals surface area contributed by atoms with Crippen LogP contribution in [0, 0.1) is 0 Å². The van der Waals surface area contributed by atoms with Crippen molar-refractivity contribution in [2.45, 2.75) is 18.8 Å². The van der Waals surface area contributed by atoms with E-state index in [9.17, 15) is 9.59 Å². The van der Waals surface area contributed by atoms with E-state index >= 15 is 0 Å². The maximum absolute atomic E-state index is 11.8. The molecule has 1 fully saturated rings. The van der Waals surface area contributed by atoms with Gasteiger partial charge in [0.2, 0.25) is 5.78 Å². The van der Waals surface area contributed by atoms with Crippen molar-refractivity contribution >= 4 is 11.7 Å². The summed E-state index contributed by atoms with van der Waals surface area (Å²) in [5.74, 6) is -1.29. The zero-order chi connectivity index (χ0) is 12.3. The van der Waals surface area contributed by atoms with E-state index in [1.54, 1.807) is 6.08 Å². The fourth-order valence-corrected chi connectivity index (χ4v) is 2.17. The predicted octanol–water partition coefficient (Wildman–Crippen LogP) is 1.60. The highest BCUT2D eigenvalue weighted by Crippen LogP contribution is 2.27. The summed E-state index contributed by atoms with van der Waals surface area (Å²) in [5, 5.41) is 3.65. The minimum atomic E-state index is -0.588. The quantitative estimate of drug-likeness (QED) is 0.583. The number of nitrogens with zero attached hydrogens (tertiary/aromatic N) is 1. The Balaban J connectivity index is 2.35. The molecule has 87 valence electrons. The third kappa shape index (κ3) is 2.28. The molecule has 0 bridgehead atoms. The Labute approximate surface area is 101 Å². The van der Waals surface area contributed by atoms with Crippen LogP contribution in [0.2, 0.25) is 0 Å². The zero-order valence-corrected chi connectivity index (χ0v) is 9.56. The van der Waals surface area contributed by atoms with Gasteiger partial charge in [0.25, 0.3) is 0 Å². The van der Waals surface area contributed by atoms with Gasteiger partial charge in [-0.3, -0.25) is 9.59 Å². The Kier molecular flexibility index (Phi) is 3.38. The number of amides is 1. The average Bonchev–Trinajstić information content (AvgIpc) is 2.34. The van der Waals surface area contributed by atoms with Gasteiger partial charge in [-0.05, 0) is 24.0 Å². The minimum Gasteiger partial charge on any atom is -0.288 e. The second kappa shape index (κ2) is 4.95. The monoisotopic (exact) mass is 228 g/mol. The molecule has 17 heavy (non-hydrogen) atoms. The Bertz CT molecular complexity index is 465. The molecule has 1 aromatic rings. The van der Waals surface area contributed by atoms with E-state index in [2.05, 4.69) is 11.9 Å². The van der Waals surface area contributed by atoms with E-state index in [0.29, 0.717) is 19.4 Å². The molecule has 1 heterocycles. The summed E-state index contributed by atoms with van der Waals surface area (Å²) in [6.07, 6.45) is 3.14. The van der Waals surface area contributed by atoms with Gasteiger partial charge in [-0.2, -0.15) is 0 Å². The summed E-state index contributed by atoms with van der Waals surface area (Å²) >= 11 is 0. The Morgan fingerprint density at radius 3 is 2.88 bits per heavy atom. The first-order valence-electron chi connectivity index (χ1n) is 5.68. The fourth-order valence-electron chi connectivity index (χ4n) is 2.17. The van der Waals surface area contributed by atoms with Gasteiger partial charge in [0.1, 0.15) is 0 Å². The van der Waals surface area contributed by atoms with E-state index in [-0.39, 0.29) is 11.7 Å². The lowest BCUT2D eigenvalue weighted by Crippen LogP contribution is -2.37. The van der Waals surface area contributed by atoms with Crippen molar-refractivity contribution in [3.8, 4) is 0 Å². The number of rotatable bonds is 3. The molecule has 3 nitrogen and oxygen atoms in total. The lowest BCUT2D eigenvalue weighted by molar-refractivity contribution is -0.140. The molecular weight excluding hydrogens is 214 g/mol. The third-order valence-electron chi connectivity index (χ3n) is 3.00. The number of ketones is 1. The summed E-state index contributed by atoms with van der Waals surface area (Å²) < 4.78 is 0. The number of hydrogen-bond acceptors (Lipinski definition) is 2. The average molecular weight is 228 g/mol. The van der Waals surface area contributed by atoms with Gasteiger partial charge in [0, 0.05) is 6.54 Å². The van der Waals surface area contributed by atoms with Crippen LogP contribution in [-0.4, -0.2) is 18.2 Å². The van der Waals surface area contributed by atoms with E-state index < -0.39 is 5.91 Å². The van der Waals surface area contributed by atoms with Crippen LogP contribution in [0.1, 0.15) is 23.5 Å². The van der Waals surface area contributed by atoms with Gasteiger partial charge in [-0.15, -0.1) is 6.58 Å². The molecule has 1 aromatic carbocycles. The summed E-state index contributed by atoms with van der Waals surface area (Å²) in [7, 11) is 0. The zero-order valence-electron chi connectivity index (χ0n) is 9.56. The predicted molar refractivity (Wildman–Crippen MR) is 64.7 cm³/mol. The number of allylic oxidation sites excluding steroid dienone is 1. The number of carbonyl (C=O) groups is 2. The molecule has 0 spiro atoms. The molecular formula is C14H14NO2. The topological polar surface area (TPSA) is 48.2 Å². The number of benzene rings is 1. The summed E-state index contributed by atoms with van der Waals surface area (Å²) in [4.78, 5) is 23.1. The SMILES string of the molecule is C=CCc1ccccc1C1CC[N]C(=O)C1=O. The third-order valence-corrected chi connectivity index (χ3v) is 3.00. The number of piperidine rings is 1. The molecule has 1 saturated heterocycles. The molecule has 1 aliphatic heterocycles. The first-order valence-corrected chi connectivity index (χ1v) is 5.68. The highest BCUT2D eigenvalue weighted by Gasteiger charge is 2.32. The maximum Gasteiger partial charge on any atom is 0.309 e. The first-order chi connectivity index (χ1) is 8.24. The molecule has 1 atom stereocenters. The van der Waals surface area contributed by atoms with Crippen molar-refractivity contribution in [2.24, 2.45) is 0 Å². The van der Waals surface area contributed by atoms with Crippen molar-refractivity contribution < 1.29 is 9.59 Å². The molecule has 0 aromatic heterocycles. The van der Waals surface area contributed by atoms with Gasteiger partial charge in [0.05, 0.1) is 5.92 Å². The van der Waals surface area contributed by atoms with Crippen LogP contribution in [-0.2, 0) is 16.0 Å². The highest BCUT2D eigenvalue weighted by molar-refractivity contribution is 6.38. The lowest BCUT2D eigenvalue weighted by Gasteiger charge is -2.21. The Morgan fingerprint density at radius 1 is 1.35 bits per heavy atom. The number of Topliss-reactive ketones (excluding diaryl/α,β-unsaturated/α-hetero) is 1. The molecule has 1 radical (unpaired) electrons. The van der Waals surface area contributed by atoms with Crippen LogP contribution in [0.5, 0.6) is 0 Å². The Morgan fingerprint density at radius 2 is 2.12 bits per heavy atom. The number of hydrogen-bond donors (Lipinski definition) is 0. The molecule has 1 unspecified atom stereocenters. The molecule has 1 amide bonds. The maximum atomic E-state index is 11.8. The van der Waals surface area contributed by atoms with Crippen LogP contribution in [0.25, 0.3) is 0 Å². The minimum absolute atomic E-state index is 0.323. The second-order valence-electron chi connectivity index (χ2n) is 4.08. The smallest absolute Gasteiger partial charge is 0.288 e. The van der Waals surface area contributed by atoms with Gasteiger partial charge in [0.15, 0.2) is 0 Å². The van der Waals surface area contributed by atoms with E-state index in [1.807, 2.05) is 24.3 Å². The van der Waals surface area contributed by atoms with Crippen LogP contribution >= 0.6 is 0 Å². The molecule has 0 N–H and O–H groups in total. The summed E-state index contributed by atoms with van der Waals surface area (Å²) in [6.45, 7) is 4.15. The van der Waals surface area contributed by atoms with Crippen molar-refractivity contribution in [1.29, 1.82) is 0 Å². The van der Waals surface area contributed by atoms with Gasteiger partial charge in [-0.25, -0.2) is 5.32 Å². The van der Waals surface area contributed by atoms with Gasteiger partial charge < -0.3 is 0 Å². The van der Waals surface area contributed by atoms with Crippen LogP contribution in [0.3, 0.4) is 0 Å². The van der Waals surface area contributed by atoms with Crippen LogP contribution in [0.15, 0.2) is 36.9 Å². The molecule has 3 heteroatoms. The van der Waals surface area contributed by atoms with E-state index in [1.165, 1.54) is 0 Å². The molecule has 0 saturated carbocycles. The second-order valence-corrected chi connectivity index (χ2v) is 4.08. The van der Waals surface area contributed by atoms with E-state index in [4.69, 9.17) is 0 Å². The Hall–Kier alpha value is -1.90. The van der Waals surface area contributed by atoms with Crippen molar-refractivity contribution in [3.05, 3.63) is 48.0 Å². The molecule has 0 aliphatic carbocycles. The summed E-state index contributed by atoms with van der Waals surface area (Å²) in [5.41, 5.74) is 2.01. The normalized spacial score (nSPS) is 19.9. The largest absolute Gasteiger partial charge is 0.309 e. The van der Waals surface area contributed by atoms with E-state index in [0.717, 1.165) is 11.1 Å². The van der Waals surface area contributed by atoms with Crippen LogP contribution in [0.4, 0.5) is 0 Å². The van der Waals surface area contributed by atoms with Gasteiger partial charge in [-0.1, -0.05) is 30.3 Å². The van der Waals surface area contributed by atoms with Crippen molar-refractivity contribution in [1.82, 2.24) is 5.32 Å². The standard InChI is InChI=1S/C14H14NO2/c1-2-5-10-6-3-4-7-11(10)12-8-9-15-14(17)13(12)16/h2-4,6-7,12H,1,5,8-9H2. The fraction of sp³-hybridized carbons (Fsp3) is 0.286. The highest BCUT2D eigenvalue weighted by atomic mass is 16.2. The van der Waals surface area contributed by atoms with Gasteiger partial charge >= 0.3 is 5.91 Å². The lowest BCUT2D eigenvalue weighted by atomic mass is 9.85. The number of carbonyl (C=O) groups excluding carboxylic acids is 2.